The van der Waals surface area contributed by atoms with Crippen LogP contribution in [0, 0.1) is 23.4 Å². The van der Waals surface area contributed by atoms with E-state index < -0.39 is 35.7 Å². The summed E-state index contributed by atoms with van der Waals surface area (Å²) in [6, 6.07) is 6.98. The lowest BCUT2D eigenvalue weighted by molar-refractivity contribution is -0.250. The molecule has 1 nitrogen and oxygen atoms in total. The summed E-state index contributed by atoms with van der Waals surface area (Å²) in [6.07, 6.45) is 5.31. The third-order valence-corrected chi connectivity index (χ3v) is 7.25. The smallest absolute Gasteiger partial charge is 0.316 e. The second-order valence-corrected chi connectivity index (χ2v) is 9.83. The number of aryl methyl sites for hydroxylation is 1. The molecule has 194 valence electrons. The van der Waals surface area contributed by atoms with Gasteiger partial charge in [-0.3, -0.25) is 0 Å². The van der Waals surface area contributed by atoms with Gasteiger partial charge >= 0.3 is 6.11 Å². The minimum atomic E-state index is -4.02. The summed E-state index contributed by atoms with van der Waals surface area (Å²) in [5, 5.41) is 0. The van der Waals surface area contributed by atoms with Crippen LogP contribution in [0.25, 0.3) is 0 Å². The molecule has 1 aliphatic carbocycles. The zero-order chi connectivity index (χ0) is 25.4. The van der Waals surface area contributed by atoms with Gasteiger partial charge in [-0.1, -0.05) is 57.7 Å². The second-order valence-electron chi connectivity index (χ2n) is 9.83. The Morgan fingerprint density at radius 3 is 2.26 bits per heavy atom. The maximum Gasteiger partial charge on any atom is 0.386 e. The Kier molecular flexibility index (Phi) is 10.1. The first kappa shape index (κ1) is 27.6. The Balaban J connectivity index is 1.60. The summed E-state index contributed by atoms with van der Waals surface area (Å²) >= 11 is 0. The zero-order valence-electron chi connectivity index (χ0n) is 20.8. The first-order valence-corrected chi connectivity index (χ1v) is 13.0. The Bertz CT molecular complexity index is 950. The summed E-state index contributed by atoms with van der Waals surface area (Å²) in [7, 11) is 0. The summed E-state index contributed by atoms with van der Waals surface area (Å²) in [5.41, 5.74) is 0.159. The van der Waals surface area contributed by atoms with Gasteiger partial charge in [-0.2, -0.15) is 8.78 Å². The van der Waals surface area contributed by atoms with Crippen LogP contribution in [0.1, 0.15) is 99.8 Å². The number of ether oxygens (including phenoxy) is 1. The fraction of sp³-hybridized carbons (Fsp3) is 0.586. The molecular formula is C29H37F5O. The molecule has 0 spiro atoms. The minimum absolute atomic E-state index is 0.0974. The van der Waals surface area contributed by atoms with Gasteiger partial charge in [-0.25, -0.2) is 13.2 Å². The lowest BCUT2D eigenvalue weighted by Gasteiger charge is -2.29. The zero-order valence-corrected chi connectivity index (χ0v) is 20.8. The highest BCUT2D eigenvalue weighted by atomic mass is 19.3. The van der Waals surface area contributed by atoms with Crippen LogP contribution in [-0.2, 0) is 23.7 Å². The van der Waals surface area contributed by atoms with Crippen LogP contribution < -0.4 is 0 Å². The van der Waals surface area contributed by atoms with Crippen LogP contribution in [-0.4, -0.2) is 6.61 Å². The van der Waals surface area contributed by atoms with E-state index >= 15 is 0 Å². The molecule has 0 amide bonds. The summed E-state index contributed by atoms with van der Waals surface area (Å²) in [6.45, 7) is 3.69. The number of benzene rings is 2. The third-order valence-electron chi connectivity index (χ3n) is 7.25. The van der Waals surface area contributed by atoms with E-state index in [9.17, 15) is 22.0 Å². The fourth-order valence-corrected chi connectivity index (χ4v) is 5.17. The maximum atomic E-state index is 14.8. The molecule has 1 aliphatic rings. The minimum Gasteiger partial charge on any atom is -0.316 e. The number of halogens is 5. The summed E-state index contributed by atoms with van der Waals surface area (Å²) in [5.74, 6) is -2.81. The van der Waals surface area contributed by atoms with E-state index in [0.717, 1.165) is 75.8 Å². The molecule has 6 heteroatoms. The van der Waals surface area contributed by atoms with Gasteiger partial charge in [0.15, 0.2) is 11.6 Å². The number of hydrogen-bond acceptors (Lipinski definition) is 1. The molecular weight excluding hydrogens is 459 g/mol. The number of hydrogen-bond donors (Lipinski definition) is 0. The molecule has 1 fully saturated rings. The van der Waals surface area contributed by atoms with E-state index in [-0.39, 0.29) is 23.5 Å². The second kappa shape index (κ2) is 12.8. The van der Waals surface area contributed by atoms with Gasteiger partial charge in [-0.05, 0) is 85.6 Å². The SMILES string of the molecule is CCCCCc1ccc(CCOC(F)(F)c2ccc([C@H]3CC[C@H](CCC)CC3)c(F)c2F)c(F)c1. The lowest BCUT2D eigenvalue weighted by atomic mass is 9.77. The molecule has 0 N–H and O–H groups in total. The Morgan fingerprint density at radius 2 is 1.60 bits per heavy atom. The van der Waals surface area contributed by atoms with E-state index in [1.54, 1.807) is 12.1 Å². The number of alkyl halides is 2. The van der Waals surface area contributed by atoms with Crippen molar-refractivity contribution < 1.29 is 26.7 Å². The molecule has 0 radical (unpaired) electrons. The van der Waals surface area contributed by atoms with Gasteiger partial charge < -0.3 is 4.74 Å². The molecule has 0 aliphatic heterocycles. The van der Waals surface area contributed by atoms with Crippen LogP contribution >= 0.6 is 0 Å². The first-order valence-electron chi connectivity index (χ1n) is 13.0. The highest BCUT2D eigenvalue weighted by Crippen LogP contribution is 2.41. The van der Waals surface area contributed by atoms with Crippen molar-refractivity contribution in [3.8, 4) is 0 Å². The Labute approximate surface area is 206 Å². The van der Waals surface area contributed by atoms with Crippen molar-refractivity contribution in [2.24, 2.45) is 5.92 Å². The molecule has 2 aromatic rings. The number of rotatable bonds is 12. The average molecular weight is 497 g/mol. The van der Waals surface area contributed by atoms with Gasteiger partial charge in [0.2, 0.25) is 0 Å². The molecule has 0 bridgehead atoms. The number of unbranched alkanes of at least 4 members (excludes halogenated alkanes) is 2. The molecule has 0 saturated heterocycles. The normalized spacial score (nSPS) is 18.7. The topological polar surface area (TPSA) is 9.23 Å². The van der Waals surface area contributed by atoms with Crippen molar-refractivity contribution in [3.05, 3.63) is 70.0 Å². The molecule has 1 saturated carbocycles. The molecule has 2 aromatic carbocycles. The van der Waals surface area contributed by atoms with Crippen molar-refractivity contribution in [3.63, 3.8) is 0 Å². The van der Waals surface area contributed by atoms with Gasteiger partial charge in [-0.15, -0.1) is 0 Å². The molecule has 3 rings (SSSR count). The summed E-state index contributed by atoms with van der Waals surface area (Å²) < 4.78 is 77.7. The van der Waals surface area contributed by atoms with Crippen LogP contribution in [0.2, 0.25) is 0 Å². The quantitative estimate of drug-likeness (QED) is 0.210. The maximum absolute atomic E-state index is 14.8. The van der Waals surface area contributed by atoms with Crippen molar-refractivity contribution in [1.82, 2.24) is 0 Å². The van der Waals surface area contributed by atoms with Gasteiger partial charge in [0.05, 0.1) is 12.2 Å². The predicted octanol–water partition coefficient (Wildman–Crippen LogP) is 9.22. The van der Waals surface area contributed by atoms with Crippen LogP contribution in [0.15, 0.2) is 30.3 Å². The third kappa shape index (κ3) is 7.28. The van der Waals surface area contributed by atoms with Gasteiger partial charge in [0.25, 0.3) is 0 Å². The van der Waals surface area contributed by atoms with Gasteiger partial charge in [0.1, 0.15) is 5.82 Å². The van der Waals surface area contributed by atoms with Crippen molar-refractivity contribution in [2.45, 2.75) is 96.5 Å². The Morgan fingerprint density at radius 1 is 0.857 bits per heavy atom. The first-order chi connectivity index (χ1) is 16.8. The van der Waals surface area contributed by atoms with E-state index in [1.807, 2.05) is 0 Å². The Hall–Kier alpha value is -1.95. The van der Waals surface area contributed by atoms with E-state index in [4.69, 9.17) is 0 Å². The lowest BCUT2D eigenvalue weighted by Crippen LogP contribution is -2.23. The highest BCUT2D eigenvalue weighted by molar-refractivity contribution is 5.31. The van der Waals surface area contributed by atoms with E-state index in [2.05, 4.69) is 18.6 Å². The standard InChI is InChI=1S/C29H37F5O/c1-3-5-6-8-21-11-14-23(26(30)19-21)17-18-35-29(33,34)25-16-15-24(27(31)28(25)32)22-12-9-20(7-4-2)10-13-22/h11,14-16,19-20,22H,3-10,12-13,17-18H2,1-2H3/t20-,22-. The summed E-state index contributed by atoms with van der Waals surface area (Å²) in [4.78, 5) is 0. The predicted molar refractivity (Wildman–Crippen MR) is 129 cm³/mol. The van der Waals surface area contributed by atoms with Crippen LogP contribution in [0.4, 0.5) is 22.0 Å². The van der Waals surface area contributed by atoms with Crippen LogP contribution in [0.5, 0.6) is 0 Å². The monoisotopic (exact) mass is 496 g/mol. The largest absolute Gasteiger partial charge is 0.386 e. The van der Waals surface area contributed by atoms with E-state index in [1.165, 1.54) is 12.1 Å². The van der Waals surface area contributed by atoms with E-state index in [0.29, 0.717) is 5.92 Å². The van der Waals surface area contributed by atoms with Crippen molar-refractivity contribution >= 4 is 0 Å². The van der Waals surface area contributed by atoms with Crippen molar-refractivity contribution in [2.75, 3.05) is 6.61 Å². The highest BCUT2D eigenvalue weighted by Gasteiger charge is 2.38. The van der Waals surface area contributed by atoms with Crippen molar-refractivity contribution in [1.29, 1.82) is 0 Å². The molecule has 0 aromatic heterocycles. The molecule has 0 heterocycles. The van der Waals surface area contributed by atoms with Gasteiger partial charge in [0, 0.05) is 0 Å². The molecule has 35 heavy (non-hydrogen) atoms. The molecule has 0 atom stereocenters. The van der Waals surface area contributed by atoms with Crippen LogP contribution in [0.3, 0.4) is 0 Å². The molecule has 0 unspecified atom stereocenters. The average Bonchev–Trinajstić information content (AvgIpc) is 2.83. The fourth-order valence-electron chi connectivity index (χ4n) is 5.17.